The van der Waals surface area contributed by atoms with E-state index in [-0.39, 0.29) is 16.8 Å². The van der Waals surface area contributed by atoms with Crippen LogP contribution in [0, 0.1) is 0 Å². The molecule has 0 fully saturated rings. The fraction of sp³-hybridized carbons (Fsp3) is 0.381. The summed E-state index contributed by atoms with van der Waals surface area (Å²) < 4.78 is 25.7. The van der Waals surface area contributed by atoms with Gasteiger partial charge in [0.1, 0.15) is 0 Å². The Bertz CT molecular complexity index is 909. The van der Waals surface area contributed by atoms with Gasteiger partial charge in [-0.15, -0.1) is 0 Å². The lowest BCUT2D eigenvalue weighted by Gasteiger charge is -2.24. The highest BCUT2D eigenvalue weighted by Crippen LogP contribution is 2.18. The molecule has 0 radical (unpaired) electrons. The molecule has 7 heteroatoms. The SMILES string of the molecule is CCc1ccc(CN(C)[C@H](C)C(=O)Nc2cccc(S(=O)(=O)N(C)C)c2)cc1. The maximum absolute atomic E-state index is 12.6. The Balaban J connectivity index is 2.05. The average molecular weight is 404 g/mol. The van der Waals surface area contributed by atoms with Crippen molar-refractivity contribution in [3.05, 3.63) is 59.7 Å². The number of rotatable bonds is 8. The van der Waals surface area contributed by atoms with Gasteiger partial charge in [-0.25, -0.2) is 12.7 Å². The minimum atomic E-state index is -3.55. The third-order valence-corrected chi connectivity index (χ3v) is 6.60. The summed E-state index contributed by atoms with van der Waals surface area (Å²) in [5.41, 5.74) is 2.88. The van der Waals surface area contributed by atoms with E-state index in [4.69, 9.17) is 0 Å². The number of nitrogens with zero attached hydrogens (tertiary/aromatic N) is 2. The molecule has 0 aliphatic heterocycles. The molecule has 0 saturated carbocycles. The number of aryl methyl sites for hydroxylation is 1. The number of sulfonamides is 1. The molecule has 0 unspecified atom stereocenters. The Morgan fingerprint density at radius 3 is 2.21 bits per heavy atom. The Hall–Kier alpha value is -2.22. The molecule has 0 aliphatic carbocycles. The van der Waals surface area contributed by atoms with E-state index in [1.54, 1.807) is 12.1 Å². The third kappa shape index (κ3) is 5.41. The summed E-state index contributed by atoms with van der Waals surface area (Å²) in [5.74, 6) is -0.188. The number of likely N-dealkylation sites (N-methyl/N-ethyl adjacent to an activating group) is 1. The molecule has 6 nitrogen and oxygen atoms in total. The van der Waals surface area contributed by atoms with E-state index in [9.17, 15) is 13.2 Å². The molecule has 2 rings (SSSR count). The molecule has 0 bridgehead atoms. The molecule has 0 heterocycles. The summed E-state index contributed by atoms with van der Waals surface area (Å²) in [5, 5.41) is 2.81. The van der Waals surface area contributed by atoms with Gasteiger partial charge in [-0.1, -0.05) is 37.3 Å². The molecule has 152 valence electrons. The van der Waals surface area contributed by atoms with Gasteiger partial charge in [0.05, 0.1) is 10.9 Å². The lowest BCUT2D eigenvalue weighted by atomic mass is 10.1. The van der Waals surface area contributed by atoms with Crippen LogP contribution in [0.3, 0.4) is 0 Å². The number of benzene rings is 2. The minimum Gasteiger partial charge on any atom is -0.325 e. The molecule has 2 aromatic rings. The summed E-state index contributed by atoms with van der Waals surface area (Å²) in [6, 6.07) is 14.3. The molecule has 1 N–H and O–H groups in total. The van der Waals surface area contributed by atoms with E-state index in [0.717, 1.165) is 16.3 Å². The average Bonchev–Trinajstić information content (AvgIpc) is 2.67. The van der Waals surface area contributed by atoms with Crippen molar-refractivity contribution in [3.8, 4) is 0 Å². The van der Waals surface area contributed by atoms with Crippen molar-refractivity contribution in [2.45, 2.75) is 37.8 Å². The van der Waals surface area contributed by atoms with Crippen molar-refractivity contribution in [3.63, 3.8) is 0 Å². The Morgan fingerprint density at radius 2 is 1.64 bits per heavy atom. The summed E-state index contributed by atoms with van der Waals surface area (Å²) in [6.45, 7) is 4.59. The Labute approximate surface area is 168 Å². The van der Waals surface area contributed by atoms with Crippen molar-refractivity contribution in [1.82, 2.24) is 9.21 Å². The van der Waals surface area contributed by atoms with Crippen LogP contribution in [0.1, 0.15) is 25.0 Å². The van der Waals surface area contributed by atoms with E-state index >= 15 is 0 Å². The summed E-state index contributed by atoms with van der Waals surface area (Å²) in [6.07, 6.45) is 0.998. The first-order valence-electron chi connectivity index (χ1n) is 9.26. The number of anilines is 1. The zero-order valence-electron chi connectivity index (χ0n) is 17.1. The van der Waals surface area contributed by atoms with Crippen LogP contribution in [0.5, 0.6) is 0 Å². The van der Waals surface area contributed by atoms with Gasteiger partial charge in [0.15, 0.2) is 0 Å². The summed E-state index contributed by atoms with van der Waals surface area (Å²) in [4.78, 5) is 14.7. The lowest BCUT2D eigenvalue weighted by Crippen LogP contribution is -2.39. The monoisotopic (exact) mass is 403 g/mol. The normalized spacial score (nSPS) is 13.0. The number of carbonyl (C=O) groups excluding carboxylic acids is 1. The van der Waals surface area contributed by atoms with Gasteiger partial charge in [0.2, 0.25) is 15.9 Å². The summed E-state index contributed by atoms with van der Waals surface area (Å²) >= 11 is 0. The first kappa shape index (κ1) is 22.1. The smallest absolute Gasteiger partial charge is 0.242 e. The first-order valence-corrected chi connectivity index (χ1v) is 10.7. The number of hydrogen-bond donors (Lipinski definition) is 1. The molecular weight excluding hydrogens is 374 g/mol. The molecule has 1 amide bonds. The maximum Gasteiger partial charge on any atom is 0.242 e. The van der Waals surface area contributed by atoms with Crippen molar-refractivity contribution in [1.29, 1.82) is 0 Å². The van der Waals surface area contributed by atoms with E-state index in [2.05, 4.69) is 36.5 Å². The molecule has 0 aromatic heterocycles. The van der Waals surface area contributed by atoms with Gasteiger partial charge in [-0.3, -0.25) is 9.69 Å². The van der Waals surface area contributed by atoms with E-state index in [0.29, 0.717) is 12.2 Å². The van der Waals surface area contributed by atoms with Gasteiger partial charge in [-0.2, -0.15) is 0 Å². The number of nitrogens with one attached hydrogen (secondary N) is 1. The zero-order chi connectivity index (χ0) is 20.9. The molecule has 2 aromatic carbocycles. The molecule has 28 heavy (non-hydrogen) atoms. The van der Waals surface area contributed by atoms with Gasteiger partial charge >= 0.3 is 0 Å². The quantitative estimate of drug-likeness (QED) is 0.736. The minimum absolute atomic E-state index is 0.146. The molecule has 0 spiro atoms. The van der Waals surface area contributed by atoms with Crippen molar-refractivity contribution >= 4 is 21.6 Å². The van der Waals surface area contributed by atoms with Crippen LogP contribution in [-0.4, -0.2) is 50.7 Å². The van der Waals surface area contributed by atoms with Crippen LogP contribution in [-0.2, 0) is 27.8 Å². The zero-order valence-corrected chi connectivity index (χ0v) is 18.0. The van der Waals surface area contributed by atoms with Gasteiger partial charge in [-0.05, 0) is 49.7 Å². The van der Waals surface area contributed by atoms with E-state index < -0.39 is 10.0 Å². The predicted octanol–water partition coefficient (Wildman–Crippen LogP) is 2.96. The maximum atomic E-state index is 12.6. The molecular formula is C21H29N3O3S. The van der Waals surface area contributed by atoms with Crippen LogP contribution in [0.25, 0.3) is 0 Å². The Kier molecular flexibility index (Phi) is 7.35. The fourth-order valence-corrected chi connectivity index (χ4v) is 3.65. The van der Waals surface area contributed by atoms with Crippen LogP contribution >= 0.6 is 0 Å². The van der Waals surface area contributed by atoms with Crippen LogP contribution in [0.4, 0.5) is 5.69 Å². The largest absolute Gasteiger partial charge is 0.325 e. The van der Waals surface area contributed by atoms with Crippen LogP contribution in [0.2, 0.25) is 0 Å². The van der Waals surface area contributed by atoms with E-state index in [1.165, 1.54) is 31.8 Å². The molecule has 0 aliphatic rings. The van der Waals surface area contributed by atoms with Crippen molar-refractivity contribution < 1.29 is 13.2 Å². The van der Waals surface area contributed by atoms with Crippen LogP contribution in [0.15, 0.2) is 53.4 Å². The topological polar surface area (TPSA) is 69.7 Å². The number of hydrogen-bond acceptors (Lipinski definition) is 4. The predicted molar refractivity (Wildman–Crippen MR) is 113 cm³/mol. The lowest BCUT2D eigenvalue weighted by molar-refractivity contribution is -0.120. The van der Waals surface area contributed by atoms with Gasteiger partial charge < -0.3 is 5.32 Å². The molecule has 0 saturated heterocycles. The number of carbonyl (C=O) groups is 1. The Morgan fingerprint density at radius 1 is 1.04 bits per heavy atom. The number of amides is 1. The highest BCUT2D eigenvalue weighted by molar-refractivity contribution is 7.89. The van der Waals surface area contributed by atoms with Crippen LogP contribution < -0.4 is 5.32 Å². The first-order chi connectivity index (χ1) is 13.1. The second-order valence-electron chi connectivity index (χ2n) is 7.07. The second kappa shape index (κ2) is 9.32. The second-order valence-corrected chi connectivity index (χ2v) is 9.22. The van der Waals surface area contributed by atoms with Gasteiger partial charge in [0.25, 0.3) is 0 Å². The highest BCUT2D eigenvalue weighted by atomic mass is 32.2. The molecule has 1 atom stereocenters. The highest BCUT2D eigenvalue weighted by Gasteiger charge is 2.20. The fourth-order valence-electron chi connectivity index (χ4n) is 2.70. The summed E-state index contributed by atoms with van der Waals surface area (Å²) in [7, 11) is 1.30. The standard InChI is InChI=1S/C21H29N3O3S/c1-6-17-10-12-18(13-11-17)15-24(5)16(2)21(25)22-19-8-7-9-20(14-19)28(26,27)23(3)4/h7-14,16H,6,15H2,1-5H3,(H,22,25)/t16-/m1/s1. The van der Waals surface area contributed by atoms with Crippen molar-refractivity contribution in [2.24, 2.45) is 0 Å². The van der Waals surface area contributed by atoms with Crippen molar-refractivity contribution in [2.75, 3.05) is 26.5 Å². The third-order valence-electron chi connectivity index (χ3n) is 4.78. The van der Waals surface area contributed by atoms with Gasteiger partial charge in [0, 0.05) is 26.3 Å². The van der Waals surface area contributed by atoms with E-state index in [1.807, 2.05) is 18.9 Å².